The molecule has 1 amide bonds. The maximum atomic E-state index is 12.4. The van der Waals surface area contributed by atoms with Crippen molar-refractivity contribution in [2.75, 3.05) is 5.32 Å². The van der Waals surface area contributed by atoms with Gasteiger partial charge in [0.15, 0.2) is 0 Å². The van der Waals surface area contributed by atoms with Crippen LogP contribution in [0, 0.1) is 20.0 Å². The first-order valence-electron chi connectivity index (χ1n) is 11.3. The third kappa shape index (κ3) is 11.9. The maximum absolute atomic E-state index is 12.4. The van der Waals surface area contributed by atoms with Crippen LogP contribution >= 0.6 is 0 Å². The average molecular weight is 488 g/mol. The van der Waals surface area contributed by atoms with E-state index < -0.39 is 0 Å². The van der Waals surface area contributed by atoms with Gasteiger partial charge in [0, 0.05) is 24.1 Å². The molecule has 0 fully saturated rings. The van der Waals surface area contributed by atoms with Crippen LogP contribution in [0.3, 0.4) is 0 Å². The molecule has 3 rings (SSSR count). The van der Waals surface area contributed by atoms with E-state index in [-0.39, 0.29) is 63.3 Å². The molecule has 1 unspecified atom stereocenters. The van der Waals surface area contributed by atoms with Gasteiger partial charge in [-0.2, -0.15) is 0 Å². The Labute approximate surface area is 246 Å². The van der Waals surface area contributed by atoms with Crippen molar-refractivity contribution in [3.63, 3.8) is 0 Å². The van der Waals surface area contributed by atoms with Crippen LogP contribution in [0.1, 0.15) is 74.3 Å². The second kappa shape index (κ2) is 18.4. The second-order valence-corrected chi connectivity index (χ2v) is 7.20. The summed E-state index contributed by atoms with van der Waals surface area (Å²) in [5.41, 5.74) is 4.77. The molecule has 0 bridgehead atoms. The van der Waals surface area contributed by atoms with Gasteiger partial charge in [0.25, 0.3) is 5.91 Å². The zero-order chi connectivity index (χ0) is 24.6. The second-order valence-electron chi connectivity index (χ2n) is 7.20. The van der Waals surface area contributed by atoms with E-state index in [0.29, 0.717) is 11.1 Å². The minimum Gasteiger partial charge on any atom is -0.560 e. The molecule has 0 aliphatic heterocycles. The molecule has 1 atom stereocenters. The number of aromatic amines is 1. The molecule has 34 heavy (non-hydrogen) atoms. The Morgan fingerprint density at radius 1 is 1.24 bits per heavy atom. The fourth-order valence-corrected chi connectivity index (χ4v) is 2.59. The maximum Gasteiger partial charge on any atom is 1.00 e. The van der Waals surface area contributed by atoms with Gasteiger partial charge in [0.05, 0.1) is 5.56 Å². The standard InChI is InChI=1S/C21H22N6O.C3H8.C2H6.K/c1-14-9-18(13-22-12-14)21(28)25-19-6-4-5-17(11-19)16(3)23-7-8-24-20-10-15(2)26-27-20;1-3-2;1-2;/h4-6,8-13,16,23H,1-3H3,(H,24,27)(H,25,28);3H2,1-2H3;1-2H3;/q-2;;;+1. The Morgan fingerprint density at radius 2 is 1.94 bits per heavy atom. The van der Waals surface area contributed by atoms with Crippen molar-refractivity contribution in [2.45, 2.75) is 60.9 Å². The normalized spacial score (nSPS) is 11.3. The Balaban J connectivity index is 0.00000168. The summed E-state index contributed by atoms with van der Waals surface area (Å²) in [5.74, 6) is -0.186. The van der Waals surface area contributed by atoms with Crippen LogP contribution < -0.4 is 67.5 Å². The molecule has 2 heterocycles. The molecule has 3 N–H and O–H groups in total. The Kier molecular flexibility index (Phi) is 17.3. The summed E-state index contributed by atoms with van der Waals surface area (Å²) >= 11 is 0. The summed E-state index contributed by atoms with van der Waals surface area (Å²) < 4.78 is 0. The molecule has 0 saturated heterocycles. The van der Waals surface area contributed by atoms with Crippen molar-refractivity contribution < 1.29 is 56.2 Å². The summed E-state index contributed by atoms with van der Waals surface area (Å²) in [6.45, 7) is 14.1. The van der Waals surface area contributed by atoms with Gasteiger partial charge in [-0.15, -0.1) is 6.20 Å². The predicted octanol–water partition coefficient (Wildman–Crippen LogP) is 2.37. The topological polar surface area (TPSA) is 95.1 Å². The van der Waals surface area contributed by atoms with E-state index in [9.17, 15) is 4.79 Å². The number of H-pyrrole nitrogens is 1. The number of nitrogens with one attached hydrogen (secondary N) is 3. The summed E-state index contributed by atoms with van der Waals surface area (Å²) in [7, 11) is 0. The molecule has 8 heteroatoms. The molecule has 3 aromatic rings. The number of nitrogens with zero attached hydrogens (tertiary/aromatic N) is 3. The molecule has 0 aliphatic carbocycles. The van der Waals surface area contributed by atoms with Gasteiger partial charge in [0.1, 0.15) is 0 Å². The van der Waals surface area contributed by atoms with Gasteiger partial charge in [-0.05, 0) is 48.7 Å². The van der Waals surface area contributed by atoms with Gasteiger partial charge < -0.3 is 21.8 Å². The van der Waals surface area contributed by atoms with Crippen LogP contribution in [0.5, 0.6) is 0 Å². The molecule has 178 valence electrons. The Hall–Kier alpha value is -1.97. The van der Waals surface area contributed by atoms with Crippen molar-refractivity contribution in [1.29, 1.82) is 0 Å². The monoisotopic (exact) mass is 487 g/mol. The molecule has 0 saturated carbocycles. The number of rotatable bonds is 6. The first-order valence-corrected chi connectivity index (χ1v) is 11.3. The zero-order valence-corrected chi connectivity index (χ0v) is 24.9. The number of pyridine rings is 1. The predicted molar refractivity (Wildman–Crippen MR) is 135 cm³/mol. The first kappa shape index (κ1) is 32.0. The van der Waals surface area contributed by atoms with Crippen LogP contribution in [0.4, 0.5) is 5.69 Å². The van der Waals surface area contributed by atoms with Crippen LogP contribution in [-0.2, 0) is 0 Å². The van der Waals surface area contributed by atoms with Crippen LogP contribution in [-0.4, -0.2) is 21.1 Å². The van der Waals surface area contributed by atoms with E-state index in [1.54, 1.807) is 24.7 Å². The molecule has 0 aliphatic rings. The number of carbonyl (C=O) groups excluding carboxylic acids is 1. The first-order chi connectivity index (χ1) is 15.9. The number of aryl methyl sites for hydroxylation is 2. The number of benzene rings is 1. The van der Waals surface area contributed by atoms with E-state index in [2.05, 4.69) is 50.9 Å². The number of carbonyl (C=O) groups is 1. The fraction of sp³-hybridized carbons (Fsp3) is 0.346. The summed E-state index contributed by atoms with van der Waals surface area (Å²) in [4.78, 5) is 20.7. The Bertz CT molecular complexity index is 1070. The van der Waals surface area contributed by atoms with E-state index in [1.807, 2.05) is 65.0 Å². The number of amides is 1. The molecule has 7 nitrogen and oxygen atoms in total. The molecular weight excluding hydrogens is 451 g/mol. The van der Waals surface area contributed by atoms with Gasteiger partial charge >= 0.3 is 51.4 Å². The van der Waals surface area contributed by atoms with Crippen molar-refractivity contribution in [3.05, 3.63) is 89.1 Å². The van der Waals surface area contributed by atoms with E-state index in [1.165, 1.54) is 6.42 Å². The van der Waals surface area contributed by atoms with Crippen molar-refractivity contribution in [2.24, 2.45) is 4.99 Å². The minimum atomic E-state index is -0.186. The van der Waals surface area contributed by atoms with E-state index in [0.717, 1.165) is 22.5 Å². The largest absolute Gasteiger partial charge is 1.00 e. The third-order valence-corrected chi connectivity index (χ3v) is 4.04. The number of hydrogen-bond donors (Lipinski definition) is 3. The van der Waals surface area contributed by atoms with E-state index >= 15 is 0 Å². The molecular formula is C26H36KN6O-. The minimum absolute atomic E-state index is 0. The number of hydrogen-bond acceptors (Lipinski definition) is 5. The van der Waals surface area contributed by atoms with Gasteiger partial charge in [-0.25, -0.2) is 5.10 Å². The molecule has 1 aromatic carbocycles. The average Bonchev–Trinajstić information content (AvgIpc) is 3.23. The number of aromatic nitrogens is 3. The van der Waals surface area contributed by atoms with E-state index in [4.69, 9.17) is 0 Å². The smallest absolute Gasteiger partial charge is 0.560 e. The van der Waals surface area contributed by atoms with Gasteiger partial charge in [0.2, 0.25) is 0 Å². The summed E-state index contributed by atoms with van der Waals surface area (Å²) in [5, 5.41) is 12.9. The Morgan fingerprint density at radius 3 is 2.56 bits per heavy atom. The van der Waals surface area contributed by atoms with Gasteiger partial charge in [-0.3, -0.25) is 20.9 Å². The summed E-state index contributed by atoms with van der Waals surface area (Å²) in [6, 6.07) is 11.3. The molecule has 0 spiro atoms. The number of anilines is 1. The SMILES string of the molecule is CC.CCC.Cc1cncc(C(=O)Nc2cccc(C(C)N[C-]=CN=c3[cH-]c(C)n[nH]3)c2)c1.[K+]. The molecule has 0 radical (unpaired) electrons. The van der Waals surface area contributed by atoms with Crippen LogP contribution in [0.15, 0.2) is 60.0 Å². The third-order valence-electron chi connectivity index (χ3n) is 4.04. The van der Waals surface area contributed by atoms with Crippen molar-refractivity contribution in [1.82, 2.24) is 20.5 Å². The van der Waals surface area contributed by atoms with Crippen molar-refractivity contribution >= 4 is 11.6 Å². The molecule has 2 aromatic heterocycles. The quantitative estimate of drug-likeness (QED) is 0.283. The summed E-state index contributed by atoms with van der Waals surface area (Å²) in [6.07, 6.45) is 9.03. The fourth-order valence-electron chi connectivity index (χ4n) is 2.59. The van der Waals surface area contributed by atoms with Crippen LogP contribution in [0.2, 0.25) is 0 Å². The van der Waals surface area contributed by atoms with Crippen molar-refractivity contribution in [3.8, 4) is 0 Å². The zero-order valence-electron chi connectivity index (χ0n) is 21.7. The van der Waals surface area contributed by atoms with Crippen LogP contribution in [0.25, 0.3) is 0 Å². The van der Waals surface area contributed by atoms with Gasteiger partial charge in [-0.1, -0.05) is 58.9 Å².